The van der Waals surface area contributed by atoms with Crippen molar-refractivity contribution in [2.45, 2.75) is 32.2 Å². The van der Waals surface area contributed by atoms with Gasteiger partial charge in [0.15, 0.2) is 11.5 Å². The van der Waals surface area contributed by atoms with E-state index in [0.29, 0.717) is 33.4 Å². The number of pyridine rings is 1. The molecule has 4 N–H and O–H groups in total. The topological polar surface area (TPSA) is 171 Å². The number of rotatable bonds is 6. The average Bonchev–Trinajstić information content (AvgIpc) is 3.38. The SMILES string of the molecule is C[C@H](NC(=O)c1c(N)nn2cccnc12)c1cc2cccc(C#CCNC(=O)C3CC(=O)CC(=O)C3)c2c(=O)n1-c1ccccc1. The predicted molar refractivity (Wildman–Crippen MR) is 170 cm³/mol. The number of ketones is 2. The molecular formula is C34H29N7O5. The second-order valence-electron chi connectivity index (χ2n) is 11.0. The molecule has 0 unspecified atom stereocenters. The molecule has 6 rings (SSSR count). The molecule has 12 nitrogen and oxygen atoms in total. The number of nitrogens with one attached hydrogen (secondary N) is 2. The van der Waals surface area contributed by atoms with Gasteiger partial charge < -0.3 is 16.4 Å². The Hall–Kier alpha value is -6.09. The minimum Gasteiger partial charge on any atom is -0.381 e. The third-order valence-electron chi connectivity index (χ3n) is 7.82. The van der Waals surface area contributed by atoms with E-state index >= 15 is 0 Å². The highest BCUT2D eigenvalue weighted by Gasteiger charge is 2.30. The zero-order chi connectivity index (χ0) is 32.4. The van der Waals surface area contributed by atoms with E-state index in [-0.39, 0.29) is 54.3 Å². The van der Waals surface area contributed by atoms with E-state index in [9.17, 15) is 24.0 Å². The van der Waals surface area contributed by atoms with Gasteiger partial charge in [0.05, 0.1) is 30.3 Å². The van der Waals surface area contributed by atoms with E-state index < -0.39 is 23.8 Å². The summed E-state index contributed by atoms with van der Waals surface area (Å²) < 4.78 is 2.96. The van der Waals surface area contributed by atoms with Gasteiger partial charge in [-0.15, -0.1) is 5.10 Å². The van der Waals surface area contributed by atoms with E-state index in [1.807, 2.05) is 24.3 Å². The van der Waals surface area contributed by atoms with Crippen molar-refractivity contribution in [3.8, 4) is 17.5 Å². The molecule has 1 aliphatic rings. The van der Waals surface area contributed by atoms with Gasteiger partial charge in [-0.25, -0.2) is 9.50 Å². The number of nitrogens with zero attached hydrogens (tertiary/aromatic N) is 4. The molecule has 0 spiro atoms. The first-order chi connectivity index (χ1) is 22.2. The highest BCUT2D eigenvalue weighted by atomic mass is 16.2. The summed E-state index contributed by atoms with van der Waals surface area (Å²) in [6.45, 7) is 1.75. The number of benzene rings is 2. The largest absolute Gasteiger partial charge is 0.381 e. The summed E-state index contributed by atoms with van der Waals surface area (Å²) in [4.78, 5) is 67.9. The Kier molecular flexibility index (Phi) is 8.13. The number of para-hydroxylation sites is 1. The van der Waals surface area contributed by atoms with Crippen LogP contribution < -0.4 is 21.9 Å². The van der Waals surface area contributed by atoms with Crippen molar-refractivity contribution < 1.29 is 19.2 Å². The van der Waals surface area contributed by atoms with Crippen molar-refractivity contribution in [1.82, 2.24) is 29.8 Å². The summed E-state index contributed by atoms with van der Waals surface area (Å²) in [6.07, 6.45) is 3.15. The minimum atomic E-state index is -0.687. The van der Waals surface area contributed by atoms with Crippen LogP contribution >= 0.6 is 0 Å². The Labute approximate surface area is 262 Å². The lowest BCUT2D eigenvalue weighted by atomic mass is 9.87. The average molecular weight is 616 g/mol. The maximum Gasteiger partial charge on any atom is 0.264 e. The van der Waals surface area contributed by atoms with Crippen LogP contribution in [0, 0.1) is 17.8 Å². The van der Waals surface area contributed by atoms with Gasteiger partial charge in [0, 0.05) is 42.2 Å². The van der Waals surface area contributed by atoms with Crippen LogP contribution in [0.15, 0.2) is 77.9 Å². The van der Waals surface area contributed by atoms with Crippen LogP contribution in [-0.4, -0.2) is 49.1 Å². The normalized spacial score (nSPS) is 14.1. The monoisotopic (exact) mass is 615 g/mol. The van der Waals surface area contributed by atoms with Gasteiger partial charge in [-0.05, 0) is 42.6 Å². The van der Waals surface area contributed by atoms with Gasteiger partial charge in [-0.1, -0.05) is 42.2 Å². The van der Waals surface area contributed by atoms with E-state index in [0.717, 1.165) is 0 Å². The molecule has 2 amide bonds. The molecular weight excluding hydrogens is 586 g/mol. The van der Waals surface area contributed by atoms with Crippen molar-refractivity contribution in [2.24, 2.45) is 5.92 Å². The number of aromatic nitrogens is 4. The lowest BCUT2D eigenvalue weighted by molar-refractivity contribution is -0.137. The van der Waals surface area contributed by atoms with E-state index in [1.165, 1.54) is 9.08 Å². The fourth-order valence-electron chi connectivity index (χ4n) is 5.70. The lowest BCUT2D eigenvalue weighted by Gasteiger charge is -2.21. The number of anilines is 1. The van der Waals surface area contributed by atoms with Gasteiger partial charge in [0.1, 0.15) is 17.1 Å². The van der Waals surface area contributed by atoms with Gasteiger partial charge in [0.25, 0.3) is 11.5 Å². The molecule has 1 atom stereocenters. The Morgan fingerprint density at radius 1 is 1.04 bits per heavy atom. The zero-order valence-corrected chi connectivity index (χ0v) is 24.8. The van der Waals surface area contributed by atoms with Crippen LogP contribution in [0.5, 0.6) is 0 Å². The van der Waals surface area contributed by atoms with E-state index in [4.69, 9.17) is 5.73 Å². The molecule has 46 heavy (non-hydrogen) atoms. The van der Waals surface area contributed by atoms with Crippen LogP contribution in [-0.2, 0) is 14.4 Å². The number of fused-ring (bicyclic) bond motifs is 2. The lowest BCUT2D eigenvalue weighted by Crippen LogP contribution is -2.36. The molecule has 1 saturated carbocycles. The Bertz CT molecular complexity index is 2140. The molecule has 5 aromatic rings. The van der Waals surface area contributed by atoms with Crippen molar-refractivity contribution >= 4 is 45.6 Å². The Morgan fingerprint density at radius 3 is 2.57 bits per heavy atom. The number of Topliss-reactive ketones (excluding diaryl/α,β-unsaturated/α-hetero) is 2. The summed E-state index contributed by atoms with van der Waals surface area (Å²) >= 11 is 0. The fraction of sp³-hybridized carbons (Fsp3) is 0.206. The van der Waals surface area contributed by atoms with Crippen LogP contribution in [0.4, 0.5) is 5.82 Å². The van der Waals surface area contributed by atoms with Crippen molar-refractivity contribution in [2.75, 3.05) is 12.3 Å². The smallest absolute Gasteiger partial charge is 0.264 e. The van der Waals surface area contributed by atoms with Crippen LogP contribution in [0.2, 0.25) is 0 Å². The highest BCUT2D eigenvalue weighted by Crippen LogP contribution is 2.25. The van der Waals surface area contributed by atoms with Gasteiger partial charge in [0.2, 0.25) is 5.91 Å². The summed E-state index contributed by atoms with van der Waals surface area (Å²) in [7, 11) is 0. The first kappa shape index (κ1) is 30.0. The number of nitrogens with two attached hydrogens (primary N) is 1. The van der Waals surface area contributed by atoms with Crippen LogP contribution in [0.3, 0.4) is 0 Å². The van der Waals surface area contributed by atoms with Gasteiger partial charge >= 0.3 is 0 Å². The number of carbonyl (C=O) groups is 4. The van der Waals surface area contributed by atoms with Crippen LogP contribution in [0.1, 0.15) is 53.8 Å². The quantitative estimate of drug-likeness (QED) is 0.193. The maximum absolute atomic E-state index is 14.2. The first-order valence-electron chi connectivity index (χ1n) is 14.6. The Balaban J connectivity index is 1.33. The van der Waals surface area contributed by atoms with E-state index in [2.05, 4.69) is 32.6 Å². The molecule has 0 radical (unpaired) electrons. The van der Waals surface area contributed by atoms with Crippen molar-refractivity contribution in [3.05, 3.63) is 100 Å². The summed E-state index contributed by atoms with van der Waals surface area (Å²) in [5.74, 6) is 3.86. The zero-order valence-electron chi connectivity index (χ0n) is 24.8. The molecule has 12 heteroatoms. The maximum atomic E-state index is 14.2. The molecule has 230 valence electrons. The highest BCUT2D eigenvalue weighted by molar-refractivity contribution is 6.05. The van der Waals surface area contributed by atoms with Gasteiger partial charge in [-0.2, -0.15) is 0 Å². The summed E-state index contributed by atoms with van der Waals surface area (Å²) in [5, 5.41) is 10.8. The van der Waals surface area contributed by atoms with Gasteiger partial charge in [-0.3, -0.25) is 28.5 Å². The number of amides is 2. The number of carbonyl (C=O) groups excluding carboxylic acids is 4. The summed E-state index contributed by atoms with van der Waals surface area (Å²) in [5.41, 5.74) is 7.74. The summed E-state index contributed by atoms with van der Waals surface area (Å²) in [6, 6.07) is 17.2. The molecule has 3 aromatic heterocycles. The molecule has 1 fully saturated rings. The molecule has 3 heterocycles. The van der Waals surface area contributed by atoms with Crippen molar-refractivity contribution in [3.63, 3.8) is 0 Å². The molecule has 0 bridgehead atoms. The molecule has 0 saturated heterocycles. The minimum absolute atomic E-state index is 0.0241. The van der Waals surface area contributed by atoms with E-state index in [1.54, 1.807) is 55.7 Å². The molecule has 2 aromatic carbocycles. The number of nitrogen functional groups attached to an aromatic ring is 1. The van der Waals surface area contributed by atoms with Crippen molar-refractivity contribution in [1.29, 1.82) is 0 Å². The first-order valence-corrected chi connectivity index (χ1v) is 14.6. The van der Waals surface area contributed by atoms with Crippen LogP contribution in [0.25, 0.3) is 22.1 Å². The molecule has 1 aliphatic carbocycles. The second-order valence-corrected chi connectivity index (χ2v) is 11.0. The third kappa shape index (κ3) is 5.86. The second kappa shape index (κ2) is 12.5. The standard InChI is InChI=1S/C34H29N7O5/c1-20(38-33(45)29-30(35)39-40-15-7-14-36-31(29)40)27-18-22-9-5-8-21(28(22)34(46)41(27)24-11-3-2-4-12-24)10-6-13-37-32(44)23-16-25(42)19-26(43)17-23/h2-5,7-9,11-12,14-15,18,20,23H,13,16-17,19H2,1H3,(H2,35,39)(H,37,44)(H,38,45)/t20-/m0/s1. The molecule has 0 aliphatic heterocycles. The number of hydrogen-bond acceptors (Lipinski definition) is 8. The number of hydrogen-bond donors (Lipinski definition) is 3. The Morgan fingerprint density at radius 2 is 1.80 bits per heavy atom. The third-order valence-corrected chi connectivity index (χ3v) is 7.82. The fourth-order valence-corrected chi connectivity index (χ4v) is 5.70. The predicted octanol–water partition coefficient (Wildman–Crippen LogP) is 2.51.